The molecule has 1 atom stereocenters. The molecule has 1 aromatic heterocycles. The predicted octanol–water partition coefficient (Wildman–Crippen LogP) is 2.85. The number of rotatable bonds is 4. The Morgan fingerprint density at radius 1 is 1.58 bits per heavy atom. The van der Waals surface area contributed by atoms with Gasteiger partial charge in [0.25, 0.3) is 5.91 Å². The summed E-state index contributed by atoms with van der Waals surface area (Å²) in [5.74, 6) is 0.776. The predicted molar refractivity (Wildman–Crippen MR) is 79.7 cm³/mol. The highest BCUT2D eigenvalue weighted by Gasteiger charge is 2.26. The molecule has 2 heterocycles. The zero-order valence-corrected chi connectivity index (χ0v) is 13.3. The zero-order chi connectivity index (χ0) is 13.8. The summed E-state index contributed by atoms with van der Waals surface area (Å²) in [6, 6.07) is 1.90. The summed E-state index contributed by atoms with van der Waals surface area (Å²) < 4.78 is 1.81. The average molecular weight is 328 g/mol. The second-order valence-corrected chi connectivity index (χ2v) is 6.02. The molecule has 1 saturated heterocycles. The van der Waals surface area contributed by atoms with Crippen LogP contribution >= 0.6 is 15.9 Å². The minimum Gasteiger partial charge on any atom is -0.337 e. The fourth-order valence-corrected chi connectivity index (χ4v) is 3.41. The summed E-state index contributed by atoms with van der Waals surface area (Å²) in [5, 5.41) is 5.38. The van der Waals surface area contributed by atoms with Crippen LogP contribution in [0.2, 0.25) is 0 Å². The van der Waals surface area contributed by atoms with Crippen molar-refractivity contribution in [3.63, 3.8) is 0 Å². The van der Waals surface area contributed by atoms with Gasteiger partial charge in [-0.15, -0.1) is 0 Å². The lowest BCUT2D eigenvalue weighted by Crippen LogP contribution is -2.40. The van der Waals surface area contributed by atoms with Crippen molar-refractivity contribution in [2.75, 3.05) is 18.4 Å². The molecule has 0 aliphatic carbocycles. The molecule has 106 valence electrons. The number of aryl methyl sites for hydroxylation is 2. The molecule has 0 N–H and O–H groups in total. The number of piperidine rings is 1. The van der Waals surface area contributed by atoms with Crippen LogP contribution in [-0.2, 0) is 6.54 Å². The zero-order valence-electron chi connectivity index (χ0n) is 11.7. The third-order valence-electron chi connectivity index (χ3n) is 3.74. The first-order valence-electron chi connectivity index (χ1n) is 7.05. The van der Waals surface area contributed by atoms with Crippen molar-refractivity contribution in [2.45, 2.75) is 39.7 Å². The first-order valence-corrected chi connectivity index (χ1v) is 8.17. The van der Waals surface area contributed by atoms with Crippen LogP contribution in [0.15, 0.2) is 6.07 Å². The highest BCUT2D eigenvalue weighted by Crippen LogP contribution is 2.22. The van der Waals surface area contributed by atoms with Gasteiger partial charge in [-0.3, -0.25) is 9.48 Å². The lowest BCUT2D eigenvalue weighted by atomic mass is 9.95. The van der Waals surface area contributed by atoms with Gasteiger partial charge in [-0.2, -0.15) is 5.10 Å². The van der Waals surface area contributed by atoms with Crippen LogP contribution in [-0.4, -0.2) is 39.0 Å². The Morgan fingerprint density at radius 3 is 3.05 bits per heavy atom. The minimum atomic E-state index is 0.140. The number of alkyl halides is 1. The van der Waals surface area contributed by atoms with Gasteiger partial charge in [0.2, 0.25) is 0 Å². The normalized spacial score (nSPS) is 19.7. The van der Waals surface area contributed by atoms with Crippen molar-refractivity contribution < 1.29 is 4.79 Å². The minimum absolute atomic E-state index is 0.140. The van der Waals surface area contributed by atoms with Crippen LogP contribution in [0.4, 0.5) is 0 Å². The molecule has 1 amide bonds. The van der Waals surface area contributed by atoms with E-state index in [0.717, 1.165) is 49.2 Å². The fourth-order valence-electron chi connectivity index (χ4n) is 2.76. The van der Waals surface area contributed by atoms with Crippen molar-refractivity contribution in [3.05, 3.63) is 17.5 Å². The van der Waals surface area contributed by atoms with E-state index in [1.807, 2.05) is 29.5 Å². The summed E-state index contributed by atoms with van der Waals surface area (Å²) in [6.45, 7) is 6.47. The van der Waals surface area contributed by atoms with E-state index in [2.05, 4.69) is 21.0 Å². The highest BCUT2D eigenvalue weighted by atomic mass is 79.9. The number of likely N-dealkylation sites (tertiary alicyclic amines) is 1. The third kappa shape index (κ3) is 3.38. The second-order valence-electron chi connectivity index (χ2n) is 5.22. The molecule has 1 aromatic rings. The monoisotopic (exact) mass is 327 g/mol. The molecule has 19 heavy (non-hydrogen) atoms. The molecule has 5 heteroatoms. The van der Waals surface area contributed by atoms with Crippen molar-refractivity contribution >= 4 is 21.8 Å². The van der Waals surface area contributed by atoms with Crippen molar-refractivity contribution in [2.24, 2.45) is 5.92 Å². The Morgan fingerprint density at radius 2 is 2.37 bits per heavy atom. The number of aromatic nitrogens is 2. The molecule has 0 radical (unpaired) electrons. The molecule has 0 spiro atoms. The third-order valence-corrected chi connectivity index (χ3v) is 4.20. The maximum absolute atomic E-state index is 12.6. The van der Waals surface area contributed by atoms with Crippen LogP contribution in [0.5, 0.6) is 0 Å². The van der Waals surface area contributed by atoms with Gasteiger partial charge >= 0.3 is 0 Å². The summed E-state index contributed by atoms with van der Waals surface area (Å²) >= 11 is 3.50. The Hall–Kier alpha value is -0.840. The van der Waals surface area contributed by atoms with Gasteiger partial charge in [0.05, 0.1) is 5.69 Å². The van der Waals surface area contributed by atoms with Crippen LogP contribution in [0.3, 0.4) is 0 Å². The standard InChI is InChI=1S/C14H22BrN3O/c1-3-18-13(9-11(2)16-18)14(19)17-8-4-5-12(10-17)6-7-15/h9,12H,3-8,10H2,1-2H3. The van der Waals surface area contributed by atoms with E-state index >= 15 is 0 Å². The summed E-state index contributed by atoms with van der Waals surface area (Å²) in [4.78, 5) is 14.6. The van der Waals surface area contributed by atoms with Gasteiger partial charge in [-0.1, -0.05) is 15.9 Å². The number of halogens is 1. The van der Waals surface area contributed by atoms with Crippen LogP contribution in [0.25, 0.3) is 0 Å². The Labute approximate surface area is 123 Å². The van der Waals surface area contributed by atoms with Crippen LogP contribution < -0.4 is 0 Å². The van der Waals surface area contributed by atoms with Gasteiger partial charge in [-0.05, 0) is 45.1 Å². The second kappa shape index (κ2) is 6.55. The van der Waals surface area contributed by atoms with Gasteiger partial charge in [0, 0.05) is 25.0 Å². The quantitative estimate of drug-likeness (QED) is 0.797. The highest BCUT2D eigenvalue weighted by molar-refractivity contribution is 9.09. The Bertz CT molecular complexity index is 442. The molecular formula is C14H22BrN3O. The van der Waals surface area contributed by atoms with Crippen LogP contribution in [0, 0.1) is 12.8 Å². The number of carbonyl (C=O) groups is 1. The summed E-state index contributed by atoms with van der Waals surface area (Å²) in [7, 11) is 0. The van der Waals surface area contributed by atoms with E-state index in [9.17, 15) is 4.79 Å². The van der Waals surface area contributed by atoms with E-state index in [0.29, 0.717) is 5.92 Å². The molecule has 0 bridgehead atoms. The Kier molecular flexibility index (Phi) is 5.02. The first-order chi connectivity index (χ1) is 9.15. The first kappa shape index (κ1) is 14.6. The Balaban J connectivity index is 2.10. The molecule has 4 nitrogen and oxygen atoms in total. The molecule has 0 aromatic carbocycles. The van der Waals surface area contributed by atoms with Crippen molar-refractivity contribution in [3.8, 4) is 0 Å². The van der Waals surface area contributed by atoms with Crippen molar-refractivity contribution in [1.82, 2.24) is 14.7 Å². The molecule has 1 unspecified atom stereocenters. The van der Waals surface area contributed by atoms with E-state index in [1.165, 1.54) is 6.42 Å². The van der Waals surface area contributed by atoms with E-state index in [1.54, 1.807) is 0 Å². The van der Waals surface area contributed by atoms with E-state index in [-0.39, 0.29) is 5.91 Å². The van der Waals surface area contributed by atoms with Gasteiger partial charge in [0.15, 0.2) is 0 Å². The van der Waals surface area contributed by atoms with E-state index in [4.69, 9.17) is 0 Å². The SMILES string of the molecule is CCn1nc(C)cc1C(=O)N1CCCC(CCBr)C1. The molecule has 1 aliphatic rings. The average Bonchev–Trinajstić information content (AvgIpc) is 2.80. The molecule has 1 aliphatic heterocycles. The van der Waals surface area contributed by atoms with E-state index < -0.39 is 0 Å². The molecule has 0 saturated carbocycles. The molecule has 2 rings (SSSR count). The number of nitrogens with zero attached hydrogens (tertiary/aromatic N) is 3. The van der Waals surface area contributed by atoms with Gasteiger partial charge < -0.3 is 4.90 Å². The van der Waals surface area contributed by atoms with Gasteiger partial charge in [-0.25, -0.2) is 0 Å². The lowest BCUT2D eigenvalue weighted by Gasteiger charge is -2.32. The van der Waals surface area contributed by atoms with Crippen LogP contribution in [0.1, 0.15) is 42.4 Å². The maximum Gasteiger partial charge on any atom is 0.272 e. The maximum atomic E-state index is 12.6. The fraction of sp³-hybridized carbons (Fsp3) is 0.714. The van der Waals surface area contributed by atoms with Crippen molar-refractivity contribution in [1.29, 1.82) is 0 Å². The topological polar surface area (TPSA) is 38.1 Å². The summed E-state index contributed by atoms with van der Waals surface area (Å²) in [6.07, 6.45) is 3.50. The van der Waals surface area contributed by atoms with Gasteiger partial charge in [0.1, 0.15) is 5.69 Å². The summed E-state index contributed by atoms with van der Waals surface area (Å²) in [5.41, 5.74) is 1.65. The number of hydrogen-bond donors (Lipinski definition) is 0. The number of amides is 1. The largest absolute Gasteiger partial charge is 0.337 e. The number of carbonyl (C=O) groups excluding carboxylic acids is 1. The number of hydrogen-bond acceptors (Lipinski definition) is 2. The smallest absolute Gasteiger partial charge is 0.272 e. The lowest BCUT2D eigenvalue weighted by molar-refractivity contribution is 0.0659. The molecular weight excluding hydrogens is 306 g/mol. The molecule has 1 fully saturated rings.